The summed E-state index contributed by atoms with van der Waals surface area (Å²) in [6.07, 6.45) is 3.02. The van der Waals surface area contributed by atoms with E-state index >= 15 is 0 Å². The lowest BCUT2D eigenvalue weighted by Gasteiger charge is -2.31. The molecule has 1 aliphatic rings. The van der Waals surface area contributed by atoms with E-state index in [1.165, 1.54) is 16.6 Å². The maximum Gasteiger partial charge on any atom is 0.246 e. The first-order valence-corrected chi connectivity index (χ1v) is 8.32. The molecule has 0 unspecified atom stereocenters. The lowest BCUT2D eigenvalue weighted by molar-refractivity contribution is 0.271. The first-order chi connectivity index (χ1) is 9.45. The van der Waals surface area contributed by atoms with Crippen LogP contribution in [0, 0.1) is 5.92 Å². The second-order valence-corrected chi connectivity index (χ2v) is 7.28. The fourth-order valence-electron chi connectivity index (χ4n) is 2.42. The van der Waals surface area contributed by atoms with Gasteiger partial charge in [0, 0.05) is 19.3 Å². The van der Waals surface area contributed by atoms with Crippen LogP contribution in [-0.4, -0.2) is 44.4 Å². The van der Waals surface area contributed by atoms with Crippen molar-refractivity contribution in [2.24, 2.45) is 5.92 Å². The van der Waals surface area contributed by atoms with Crippen molar-refractivity contribution in [2.75, 3.05) is 32.4 Å². The molecule has 8 heteroatoms. The van der Waals surface area contributed by atoms with Crippen molar-refractivity contribution >= 4 is 27.4 Å². The number of anilines is 1. The third kappa shape index (κ3) is 3.22. The van der Waals surface area contributed by atoms with Crippen molar-refractivity contribution in [3.05, 3.63) is 17.3 Å². The van der Waals surface area contributed by atoms with Crippen LogP contribution in [0.25, 0.3) is 0 Å². The minimum Gasteiger partial charge on any atom is -0.383 e. The van der Waals surface area contributed by atoms with Crippen molar-refractivity contribution < 1.29 is 8.42 Å². The molecule has 0 aromatic carbocycles. The highest BCUT2D eigenvalue weighted by Crippen LogP contribution is 2.27. The smallest absolute Gasteiger partial charge is 0.246 e. The molecule has 0 radical (unpaired) electrons. The van der Waals surface area contributed by atoms with Gasteiger partial charge < -0.3 is 11.1 Å². The predicted octanol–water partition coefficient (Wildman–Crippen LogP) is 0.937. The predicted molar refractivity (Wildman–Crippen MR) is 79.1 cm³/mol. The Labute approximate surface area is 124 Å². The summed E-state index contributed by atoms with van der Waals surface area (Å²) in [6, 6.07) is 1.36. The van der Waals surface area contributed by atoms with E-state index < -0.39 is 10.0 Å². The Morgan fingerprint density at radius 1 is 1.50 bits per heavy atom. The number of aromatic nitrogens is 1. The zero-order chi connectivity index (χ0) is 14.8. The summed E-state index contributed by atoms with van der Waals surface area (Å²) in [7, 11) is -1.71. The molecular formula is C12H19ClN4O2S. The standard InChI is InChI=1S/C12H19ClN4O2S/c1-15-7-9-2-4-17(5-3-9)20(18,19)11-6-10(13)8-16-12(11)14/h6,8-9,15H,2-5,7H2,1H3,(H2,14,16). The summed E-state index contributed by atoms with van der Waals surface area (Å²) >= 11 is 5.82. The van der Waals surface area contributed by atoms with Gasteiger partial charge in [0.15, 0.2) is 0 Å². The molecule has 3 N–H and O–H groups in total. The van der Waals surface area contributed by atoms with Gasteiger partial charge in [-0.25, -0.2) is 13.4 Å². The number of hydrogen-bond donors (Lipinski definition) is 2. The Morgan fingerprint density at radius 2 is 2.15 bits per heavy atom. The van der Waals surface area contributed by atoms with Crippen molar-refractivity contribution in [1.82, 2.24) is 14.6 Å². The van der Waals surface area contributed by atoms with Crippen LogP contribution in [0.2, 0.25) is 5.02 Å². The van der Waals surface area contributed by atoms with Gasteiger partial charge in [-0.05, 0) is 38.4 Å². The monoisotopic (exact) mass is 318 g/mol. The van der Waals surface area contributed by atoms with Gasteiger partial charge in [-0.2, -0.15) is 4.31 Å². The Hall–Kier alpha value is -0.890. The van der Waals surface area contributed by atoms with Gasteiger partial charge in [0.1, 0.15) is 10.7 Å². The number of rotatable bonds is 4. The molecule has 6 nitrogen and oxygen atoms in total. The number of sulfonamides is 1. The normalized spacial score (nSPS) is 18.3. The SMILES string of the molecule is CNCC1CCN(S(=O)(=O)c2cc(Cl)cnc2N)CC1. The van der Waals surface area contributed by atoms with Crippen molar-refractivity contribution in [3.8, 4) is 0 Å². The van der Waals surface area contributed by atoms with E-state index in [9.17, 15) is 8.42 Å². The van der Waals surface area contributed by atoms with E-state index in [0.29, 0.717) is 19.0 Å². The van der Waals surface area contributed by atoms with E-state index in [4.69, 9.17) is 17.3 Å². The van der Waals surface area contributed by atoms with Crippen LogP contribution in [0.5, 0.6) is 0 Å². The Bertz CT molecular complexity index is 571. The fourth-order valence-corrected chi connectivity index (χ4v) is 4.20. The summed E-state index contributed by atoms with van der Waals surface area (Å²) in [5.41, 5.74) is 5.67. The van der Waals surface area contributed by atoms with Gasteiger partial charge in [-0.3, -0.25) is 0 Å². The first kappa shape index (κ1) is 15.5. The van der Waals surface area contributed by atoms with Crippen molar-refractivity contribution in [3.63, 3.8) is 0 Å². The molecule has 20 heavy (non-hydrogen) atoms. The molecule has 0 bridgehead atoms. The zero-order valence-electron chi connectivity index (χ0n) is 11.3. The number of piperidine rings is 1. The molecular weight excluding hydrogens is 300 g/mol. The van der Waals surface area contributed by atoms with Gasteiger partial charge in [-0.15, -0.1) is 0 Å². The van der Waals surface area contributed by atoms with Crippen LogP contribution in [0.1, 0.15) is 12.8 Å². The molecule has 0 saturated carbocycles. The summed E-state index contributed by atoms with van der Waals surface area (Å²) < 4.78 is 26.6. The quantitative estimate of drug-likeness (QED) is 0.862. The number of nitrogens with zero attached hydrogens (tertiary/aromatic N) is 2. The zero-order valence-corrected chi connectivity index (χ0v) is 12.9. The summed E-state index contributed by atoms with van der Waals surface area (Å²) in [6.45, 7) is 1.91. The Morgan fingerprint density at radius 3 is 2.75 bits per heavy atom. The lowest BCUT2D eigenvalue weighted by Crippen LogP contribution is -2.40. The van der Waals surface area contributed by atoms with Gasteiger partial charge in [0.05, 0.1) is 5.02 Å². The van der Waals surface area contributed by atoms with Gasteiger partial charge in [-0.1, -0.05) is 11.6 Å². The third-order valence-corrected chi connectivity index (χ3v) is 5.67. The molecule has 1 saturated heterocycles. The fraction of sp³-hybridized carbons (Fsp3) is 0.583. The Balaban J connectivity index is 2.18. The number of pyridine rings is 1. The summed E-state index contributed by atoms with van der Waals surface area (Å²) in [5, 5.41) is 3.39. The minimum atomic E-state index is -3.61. The van der Waals surface area contributed by atoms with E-state index in [1.807, 2.05) is 7.05 Å². The highest BCUT2D eigenvalue weighted by atomic mass is 35.5. The van der Waals surface area contributed by atoms with Gasteiger partial charge in [0.25, 0.3) is 0 Å². The molecule has 1 aromatic rings. The number of halogens is 1. The van der Waals surface area contributed by atoms with Gasteiger partial charge >= 0.3 is 0 Å². The van der Waals surface area contributed by atoms with Crippen LogP contribution in [0.15, 0.2) is 17.2 Å². The molecule has 0 spiro atoms. The topological polar surface area (TPSA) is 88.3 Å². The van der Waals surface area contributed by atoms with Crippen molar-refractivity contribution in [1.29, 1.82) is 0 Å². The molecule has 2 rings (SSSR count). The minimum absolute atomic E-state index is 0.00272. The highest BCUT2D eigenvalue weighted by Gasteiger charge is 2.31. The molecule has 1 aromatic heterocycles. The maximum atomic E-state index is 12.6. The summed E-state index contributed by atoms with van der Waals surface area (Å²) in [4.78, 5) is 3.81. The lowest BCUT2D eigenvalue weighted by atomic mass is 9.98. The average molecular weight is 319 g/mol. The first-order valence-electron chi connectivity index (χ1n) is 6.51. The molecule has 1 fully saturated rings. The second-order valence-electron chi connectivity index (χ2n) is 4.94. The number of nitrogen functional groups attached to an aromatic ring is 1. The Kier molecular flexibility index (Phi) is 4.85. The van der Waals surface area contributed by atoms with Crippen molar-refractivity contribution in [2.45, 2.75) is 17.7 Å². The number of nitrogens with two attached hydrogens (primary N) is 1. The number of nitrogens with one attached hydrogen (secondary N) is 1. The molecule has 0 amide bonds. The molecule has 0 atom stereocenters. The van der Waals surface area contributed by atoms with Crippen LogP contribution in [-0.2, 0) is 10.0 Å². The highest BCUT2D eigenvalue weighted by molar-refractivity contribution is 7.89. The van der Waals surface area contributed by atoms with Crippen LogP contribution < -0.4 is 11.1 Å². The van der Waals surface area contributed by atoms with Crippen LogP contribution in [0.4, 0.5) is 5.82 Å². The maximum absolute atomic E-state index is 12.6. The van der Waals surface area contributed by atoms with E-state index in [-0.39, 0.29) is 15.7 Å². The molecule has 2 heterocycles. The van der Waals surface area contributed by atoms with Crippen LogP contribution in [0.3, 0.4) is 0 Å². The van der Waals surface area contributed by atoms with E-state index in [0.717, 1.165) is 19.4 Å². The second kappa shape index (κ2) is 6.26. The molecule has 112 valence electrons. The van der Waals surface area contributed by atoms with Crippen LogP contribution >= 0.6 is 11.6 Å². The summed E-state index contributed by atoms with van der Waals surface area (Å²) in [5.74, 6) is 0.507. The molecule has 0 aliphatic carbocycles. The number of hydrogen-bond acceptors (Lipinski definition) is 5. The largest absolute Gasteiger partial charge is 0.383 e. The van der Waals surface area contributed by atoms with E-state index in [1.54, 1.807) is 0 Å². The van der Waals surface area contributed by atoms with E-state index in [2.05, 4.69) is 10.3 Å². The molecule has 1 aliphatic heterocycles. The third-order valence-electron chi connectivity index (χ3n) is 3.53. The van der Waals surface area contributed by atoms with Gasteiger partial charge in [0.2, 0.25) is 10.0 Å². The average Bonchev–Trinajstić information content (AvgIpc) is 2.42.